The van der Waals surface area contributed by atoms with E-state index in [0.29, 0.717) is 5.92 Å². The minimum Gasteiger partial charge on any atom is -0.313 e. The first-order chi connectivity index (χ1) is 8.65. The molecular formula is C15H21N3. The van der Waals surface area contributed by atoms with Crippen LogP contribution in [0.1, 0.15) is 26.5 Å². The van der Waals surface area contributed by atoms with Gasteiger partial charge in [0.1, 0.15) is 5.65 Å². The van der Waals surface area contributed by atoms with E-state index in [1.54, 1.807) is 0 Å². The quantitative estimate of drug-likeness (QED) is 0.874. The Kier molecular flexibility index (Phi) is 4.15. The number of rotatable bonds is 5. The molecule has 0 saturated heterocycles. The molecule has 0 fully saturated rings. The van der Waals surface area contributed by atoms with Gasteiger partial charge < -0.3 is 9.72 Å². The summed E-state index contributed by atoms with van der Waals surface area (Å²) in [5, 5.41) is 3.44. The molecule has 0 unspecified atom stereocenters. The lowest BCUT2D eigenvalue weighted by molar-refractivity contribution is 0.572. The van der Waals surface area contributed by atoms with E-state index in [9.17, 15) is 0 Å². The van der Waals surface area contributed by atoms with Crippen molar-refractivity contribution in [2.75, 3.05) is 13.1 Å². The molecule has 0 bridgehead atoms. The summed E-state index contributed by atoms with van der Waals surface area (Å²) in [6.07, 6.45) is 6.22. The standard InChI is InChI=1S/C15H21N3/c1-12(2)9-16-10-13(3)8-14-11-18-7-5-4-6-15(18)17-14/h4-8,11-12,16H,9-10H2,1-3H3. The van der Waals surface area contributed by atoms with E-state index in [-0.39, 0.29) is 0 Å². The van der Waals surface area contributed by atoms with Gasteiger partial charge in [-0.3, -0.25) is 0 Å². The summed E-state index contributed by atoms with van der Waals surface area (Å²) < 4.78 is 2.04. The number of aromatic nitrogens is 2. The molecule has 0 radical (unpaired) electrons. The van der Waals surface area contributed by atoms with Gasteiger partial charge in [0.25, 0.3) is 0 Å². The number of imidazole rings is 1. The molecule has 2 aromatic rings. The van der Waals surface area contributed by atoms with Gasteiger partial charge in [-0.25, -0.2) is 4.98 Å². The molecule has 0 amide bonds. The summed E-state index contributed by atoms with van der Waals surface area (Å²) in [6.45, 7) is 8.54. The molecule has 0 aliphatic heterocycles. The van der Waals surface area contributed by atoms with E-state index in [1.165, 1.54) is 5.57 Å². The Balaban J connectivity index is 2.02. The van der Waals surface area contributed by atoms with Crippen molar-refractivity contribution in [1.29, 1.82) is 0 Å². The zero-order valence-electron chi connectivity index (χ0n) is 11.4. The Labute approximate surface area is 109 Å². The maximum Gasteiger partial charge on any atom is 0.137 e. The van der Waals surface area contributed by atoms with Crippen molar-refractivity contribution in [3.8, 4) is 0 Å². The molecule has 1 N–H and O–H groups in total. The first-order valence-electron chi connectivity index (χ1n) is 6.47. The second-order valence-electron chi connectivity index (χ2n) is 5.15. The Morgan fingerprint density at radius 1 is 1.44 bits per heavy atom. The molecule has 3 nitrogen and oxygen atoms in total. The molecular weight excluding hydrogens is 222 g/mol. The zero-order valence-corrected chi connectivity index (χ0v) is 11.4. The monoisotopic (exact) mass is 243 g/mol. The van der Waals surface area contributed by atoms with Gasteiger partial charge in [-0.1, -0.05) is 25.5 Å². The fraction of sp³-hybridized carbons (Fsp3) is 0.400. The third-order valence-electron chi connectivity index (χ3n) is 2.73. The van der Waals surface area contributed by atoms with Crippen LogP contribution in [0.25, 0.3) is 11.7 Å². The fourth-order valence-electron chi connectivity index (χ4n) is 1.89. The van der Waals surface area contributed by atoms with Gasteiger partial charge in [-0.05, 0) is 37.6 Å². The van der Waals surface area contributed by atoms with Crippen molar-refractivity contribution >= 4 is 11.7 Å². The number of hydrogen-bond acceptors (Lipinski definition) is 2. The van der Waals surface area contributed by atoms with Crippen LogP contribution in [-0.4, -0.2) is 22.5 Å². The molecule has 2 aromatic heterocycles. The fourth-order valence-corrected chi connectivity index (χ4v) is 1.89. The topological polar surface area (TPSA) is 29.3 Å². The average molecular weight is 243 g/mol. The Morgan fingerprint density at radius 3 is 3.00 bits per heavy atom. The second kappa shape index (κ2) is 5.83. The van der Waals surface area contributed by atoms with Crippen LogP contribution in [0.3, 0.4) is 0 Å². The molecule has 0 spiro atoms. The van der Waals surface area contributed by atoms with Gasteiger partial charge in [0, 0.05) is 18.9 Å². The average Bonchev–Trinajstić information content (AvgIpc) is 2.70. The first kappa shape index (κ1) is 12.8. The maximum absolute atomic E-state index is 4.55. The third-order valence-corrected chi connectivity index (χ3v) is 2.73. The van der Waals surface area contributed by atoms with Crippen LogP contribution in [0.4, 0.5) is 0 Å². The van der Waals surface area contributed by atoms with Crippen molar-refractivity contribution in [1.82, 2.24) is 14.7 Å². The number of hydrogen-bond donors (Lipinski definition) is 1. The van der Waals surface area contributed by atoms with Crippen LogP contribution in [-0.2, 0) is 0 Å². The zero-order chi connectivity index (χ0) is 13.0. The van der Waals surface area contributed by atoms with Crippen molar-refractivity contribution in [3.05, 3.63) is 41.9 Å². The number of nitrogens with zero attached hydrogens (tertiary/aromatic N) is 2. The lowest BCUT2D eigenvalue weighted by atomic mass is 10.2. The number of nitrogens with one attached hydrogen (secondary N) is 1. The summed E-state index contributed by atoms with van der Waals surface area (Å²) >= 11 is 0. The van der Waals surface area contributed by atoms with Crippen LogP contribution in [0.5, 0.6) is 0 Å². The summed E-state index contributed by atoms with van der Waals surface area (Å²) in [7, 11) is 0. The normalized spacial score (nSPS) is 12.6. The van der Waals surface area contributed by atoms with Crippen molar-refractivity contribution in [3.63, 3.8) is 0 Å². The van der Waals surface area contributed by atoms with Crippen molar-refractivity contribution in [2.24, 2.45) is 5.92 Å². The van der Waals surface area contributed by atoms with E-state index in [2.05, 4.69) is 43.3 Å². The van der Waals surface area contributed by atoms with Crippen molar-refractivity contribution < 1.29 is 0 Å². The lowest BCUT2D eigenvalue weighted by Gasteiger charge is -2.06. The molecule has 0 aromatic carbocycles. The van der Waals surface area contributed by atoms with E-state index >= 15 is 0 Å². The van der Waals surface area contributed by atoms with Crippen LogP contribution >= 0.6 is 0 Å². The Hall–Kier alpha value is -1.61. The predicted octanol–water partition coefficient (Wildman–Crippen LogP) is 2.98. The van der Waals surface area contributed by atoms with Gasteiger partial charge >= 0.3 is 0 Å². The van der Waals surface area contributed by atoms with Gasteiger partial charge in [-0.2, -0.15) is 0 Å². The summed E-state index contributed by atoms with van der Waals surface area (Å²) in [6, 6.07) is 6.04. The number of fused-ring (bicyclic) bond motifs is 1. The highest BCUT2D eigenvalue weighted by molar-refractivity contribution is 5.53. The molecule has 0 atom stereocenters. The molecule has 96 valence electrons. The molecule has 0 saturated carbocycles. The van der Waals surface area contributed by atoms with E-state index in [1.807, 2.05) is 28.8 Å². The lowest BCUT2D eigenvalue weighted by Crippen LogP contribution is -2.21. The summed E-state index contributed by atoms with van der Waals surface area (Å²) in [5.74, 6) is 0.688. The molecule has 2 rings (SSSR count). The van der Waals surface area contributed by atoms with E-state index < -0.39 is 0 Å². The minimum atomic E-state index is 0.688. The van der Waals surface area contributed by atoms with E-state index in [4.69, 9.17) is 0 Å². The highest BCUT2D eigenvalue weighted by atomic mass is 15.0. The first-order valence-corrected chi connectivity index (χ1v) is 6.47. The van der Waals surface area contributed by atoms with Crippen LogP contribution in [0.15, 0.2) is 36.2 Å². The van der Waals surface area contributed by atoms with Gasteiger partial charge in [0.2, 0.25) is 0 Å². The van der Waals surface area contributed by atoms with Gasteiger partial charge in [0.05, 0.1) is 5.69 Å². The van der Waals surface area contributed by atoms with Crippen LogP contribution in [0, 0.1) is 5.92 Å². The molecule has 0 aliphatic rings. The molecule has 3 heteroatoms. The Morgan fingerprint density at radius 2 is 2.28 bits per heavy atom. The van der Waals surface area contributed by atoms with Gasteiger partial charge in [-0.15, -0.1) is 0 Å². The summed E-state index contributed by atoms with van der Waals surface area (Å²) in [4.78, 5) is 4.55. The minimum absolute atomic E-state index is 0.688. The van der Waals surface area contributed by atoms with E-state index in [0.717, 1.165) is 24.4 Å². The smallest absolute Gasteiger partial charge is 0.137 e. The summed E-state index contributed by atoms with van der Waals surface area (Å²) in [5.41, 5.74) is 3.32. The molecule has 18 heavy (non-hydrogen) atoms. The van der Waals surface area contributed by atoms with Crippen molar-refractivity contribution in [2.45, 2.75) is 20.8 Å². The predicted molar refractivity (Wildman–Crippen MR) is 76.6 cm³/mol. The second-order valence-corrected chi connectivity index (χ2v) is 5.15. The number of pyridine rings is 1. The van der Waals surface area contributed by atoms with Gasteiger partial charge in [0.15, 0.2) is 0 Å². The SMILES string of the molecule is CC(=Cc1cn2ccccc2n1)CNCC(C)C. The largest absolute Gasteiger partial charge is 0.313 e. The van der Waals surface area contributed by atoms with Crippen LogP contribution < -0.4 is 5.32 Å². The molecule has 0 aliphatic carbocycles. The highest BCUT2D eigenvalue weighted by Gasteiger charge is 1.99. The Bertz CT molecular complexity index is 504. The highest BCUT2D eigenvalue weighted by Crippen LogP contribution is 2.08. The third kappa shape index (κ3) is 3.44. The van der Waals surface area contributed by atoms with Crippen LogP contribution in [0.2, 0.25) is 0 Å². The maximum atomic E-state index is 4.55. The molecule has 2 heterocycles.